The fourth-order valence-electron chi connectivity index (χ4n) is 5.07. The molecule has 5 rings (SSSR count). The van der Waals surface area contributed by atoms with Gasteiger partial charge < -0.3 is 20.9 Å². The summed E-state index contributed by atoms with van der Waals surface area (Å²) in [6.45, 7) is 4.44. The van der Waals surface area contributed by atoms with Crippen LogP contribution in [-0.2, 0) is 4.79 Å². The van der Waals surface area contributed by atoms with Gasteiger partial charge in [-0.15, -0.1) is 0 Å². The van der Waals surface area contributed by atoms with E-state index >= 15 is 0 Å². The van der Waals surface area contributed by atoms with Crippen LogP contribution in [0.4, 0.5) is 5.69 Å². The maximum Gasteiger partial charge on any atom is 0.268 e. The molecular formula is C29H29BrN4O3. The number of carbonyl (C=O) groups excluding carboxylic acids is 3. The van der Waals surface area contributed by atoms with Crippen LogP contribution in [0.5, 0.6) is 0 Å². The summed E-state index contributed by atoms with van der Waals surface area (Å²) in [4.78, 5) is 42.7. The summed E-state index contributed by atoms with van der Waals surface area (Å²) < 4.78 is 0.838. The molecule has 1 aromatic heterocycles. The second-order valence-corrected chi connectivity index (χ2v) is 10.5. The van der Waals surface area contributed by atoms with Gasteiger partial charge in [-0.1, -0.05) is 46.3 Å². The van der Waals surface area contributed by atoms with Crippen molar-refractivity contribution < 1.29 is 14.4 Å². The van der Waals surface area contributed by atoms with E-state index in [1.165, 1.54) is 6.42 Å². The Balaban J connectivity index is 1.47. The van der Waals surface area contributed by atoms with E-state index in [2.05, 4.69) is 36.9 Å². The number of ketones is 1. The van der Waals surface area contributed by atoms with Crippen LogP contribution in [0.2, 0.25) is 0 Å². The number of aromatic amines is 1. The Morgan fingerprint density at radius 2 is 1.97 bits per heavy atom. The minimum absolute atomic E-state index is 0.207. The largest absolute Gasteiger partial charge is 0.351 e. The van der Waals surface area contributed by atoms with Gasteiger partial charge in [-0.2, -0.15) is 0 Å². The van der Waals surface area contributed by atoms with Crippen LogP contribution in [0.1, 0.15) is 62.5 Å². The Hall–Kier alpha value is -3.49. The topological polar surface area (TPSA) is 103 Å². The zero-order valence-electron chi connectivity index (χ0n) is 20.6. The molecule has 0 radical (unpaired) electrons. The SMILES string of the molecule is Cc1c(C(=O)NCCCC2CCNC2)[nH]c(C=C2C(=O)Nc3ccc(Br)cc32)c1C(=O)c1ccccc1. The number of H-pyrrole nitrogens is 1. The quantitative estimate of drug-likeness (QED) is 0.178. The zero-order valence-corrected chi connectivity index (χ0v) is 22.2. The molecule has 7 nitrogen and oxygen atoms in total. The van der Waals surface area contributed by atoms with Crippen LogP contribution in [-0.4, -0.2) is 42.2 Å². The number of fused-ring (bicyclic) bond motifs is 1. The van der Waals surface area contributed by atoms with Crippen molar-refractivity contribution in [2.24, 2.45) is 5.92 Å². The van der Waals surface area contributed by atoms with Crippen molar-refractivity contribution in [3.05, 3.63) is 86.6 Å². The van der Waals surface area contributed by atoms with E-state index in [0.29, 0.717) is 51.8 Å². The van der Waals surface area contributed by atoms with Crippen molar-refractivity contribution in [1.29, 1.82) is 0 Å². The van der Waals surface area contributed by atoms with Crippen molar-refractivity contribution in [3.63, 3.8) is 0 Å². The molecule has 4 N–H and O–H groups in total. The lowest BCUT2D eigenvalue weighted by Gasteiger charge is -2.09. The molecule has 1 saturated heterocycles. The maximum atomic E-state index is 13.6. The van der Waals surface area contributed by atoms with E-state index in [4.69, 9.17) is 0 Å². The maximum absolute atomic E-state index is 13.6. The van der Waals surface area contributed by atoms with Crippen LogP contribution in [0, 0.1) is 12.8 Å². The Morgan fingerprint density at radius 3 is 2.73 bits per heavy atom. The van der Waals surface area contributed by atoms with Gasteiger partial charge in [0.2, 0.25) is 0 Å². The highest BCUT2D eigenvalue weighted by atomic mass is 79.9. The molecule has 0 aliphatic carbocycles. The lowest BCUT2D eigenvalue weighted by molar-refractivity contribution is -0.110. The highest BCUT2D eigenvalue weighted by molar-refractivity contribution is 9.10. The highest BCUT2D eigenvalue weighted by Gasteiger charge is 2.28. The van der Waals surface area contributed by atoms with E-state index in [9.17, 15) is 14.4 Å². The Labute approximate surface area is 224 Å². The van der Waals surface area contributed by atoms with Crippen molar-refractivity contribution in [1.82, 2.24) is 15.6 Å². The smallest absolute Gasteiger partial charge is 0.268 e. The number of hydrogen-bond donors (Lipinski definition) is 4. The summed E-state index contributed by atoms with van der Waals surface area (Å²) in [6, 6.07) is 14.5. The first-order valence-corrected chi connectivity index (χ1v) is 13.4. The van der Waals surface area contributed by atoms with E-state index in [0.717, 1.165) is 36.0 Å². The van der Waals surface area contributed by atoms with Gasteiger partial charge >= 0.3 is 0 Å². The van der Waals surface area contributed by atoms with E-state index < -0.39 is 0 Å². The molecule has 3 heterocycles. The van der Waals surface area contributed by atoms with E-state index in [1.54, 1.807) is 37.3 Å². The molecule has 1 unspecified atom stereocenters. The van der Waals surface area contributed by atoms with Gasteiger partial charge in [-0.3, -0.25) is 14.4 Å². The molecule has 190 valence electrons. The molecule has 2 aromatic carbocycles. The van der Waals surface area contributed by atoms with Crippen LogP contribution in [0.15, 0.2) is 53.0 Å². The minimum atomic E-state index is -0.258. The molecule has 1 atom stereocenters. The van der Waals surface area contributed by atoms with Crippen LogP contribution < -0.4 is 16.0 Å². The summed E-state index contributed by atoms with van der Waals surface area (Å²) in [7, 11) is 0. The van der Waals surface area contributed by atoms with Gasteiger partial charge in [0.15, 0.2) is 5.78 Å². The second-order valence-electron chi connectivity index (χ2n) is 9.57. The summed E-state index contributed by atoms with van der Waals surface area (Å²) in [5, 5.41) is 9.24. The fraction of sp³-hybridized carbons (Fsp3) is 0.276. The summed E-state index contributed by atoms with van der Waals surface area (Å²) in [6.07, 6.45) is 4.81. The number of carbonyl (C=O) groups is 3. The summed E-state index contributed by atoms with van der Waals surface area (Å²) in [5.74, 6) is -0.0570. The number of anilines is 1. The average molecular weight is 561 g/mol. The van der Waals surface area contributed by atoms with Crippen molar-refractivity contribution in [2.45, 2.75) is 26.2 Å². The first-order chi connectivity index (χ1) is 17.9. The number of hydrogen-bond acceptors (Lipinski definition) is 4. The Morgan fingerprint density at radius 1 is 1.16 bits per heavy atom. The molecule has 0 spiro atoms. The summed E-state index contributed by atoms with van der Waals surface area (Å²) in [5.41, 5.74) is 4.10. The van der Waals surface area contributed by atoms with Crippen molar-refractivity contribution in [2.75, 3.05) is 25.0 Å². The van der Waals surface area contributed by atoms with Gasteiger partial charge in [-0.05, 0) is 75.0 Å². The minimum Gasteiger partial charge on any atom is -0.351 e. The van der Waals surface area contributed by atoms with E-state index in [-0.39, 0.29) is 17.6 Å². The molecule has 2 aliphatic heterocycles. The number of amides is 2. The first-order valence-electron chi connectivity index (χ1n) is 12.6. The lowest BCUT2D eigenvalue weighted by atomic mass is 9.97. The van der Waals surface area contributed by atoms with Crippen LogP contribution >= 0.6 is 15.9 Å². The van der Waals surface area contributed by atoms with Crippen LogP contribution in [0.3, 0.4) is 0 Å². The van der Waals surface area contributed by atoms with Gasteiger partial charge in [0.05, 0.1) is 16.8 Å². The number of nitrogens with one attached hydrogen (secondary N) is 4. The number of halogens is 1. The number of rotatable bonds is 8. The standard InChI is InChI=1S/C29H29BrN4O3/c1-17-25(27(35)19-7-3-2-4-8-19)24(15-22-21-14-20(30)9-10-23(21)34-28(22)36)33-26(17)29(37)32-12-5-6-18-11-13-31-16-18/h2-4,7-10,14-15,18,31,33H,5-6,11-13,16H2,1H3,(H,32,37)(H,34,36). The molecule has 2 amide bonds. The predicted molar refractivity (Wildman–Crippen MR) is 149 cm³/mol. The zero-order chi connectivity index (χ0) is 25.9. The third-order valence-corrected chi connectivity index (χ3v) is 7.55. The predicted octanol–water partition coefficient (Wildman–Crippen LogP) is 4.93. The van der Waals surface area contributed by atoms with E-state index in [1.807, 2.05) is 24.3 Å². The van der Waals surface area contributed by atoms with Gasteiger partial charge in [0.25, 0.3) is 11.8 Å². The lowest BCUT2D eigenvalue weighted by Crippen LogP contribution is -2.26. The van der Waals surface area contributed by atoms with Gasteiger partial charge in [0, 0.05) is 27.8 Å². The molecule has 8 heteroatoms. The third kappa shape index (κ3) is 5.31. The molecule has 1 fully saturated rings. The second kappa shape index (κ2) is 10.9. The molecule has 0 saturated carbocycles. The van der Waals surface area contributed by atoms with Crippen molar-refractivity contribution >= 4 is 50.9 Å². The fourth-order valence-corrected chi connectivity index (χ4v) is 5.43. The van der Waals surface area contributed by atoms with Crippen molar-refractivity contribution in [3.8, 4) is 0 Å². The highest BCUT2D eigenvalue weighted by Crippen LogP contribution is 2.36. The molecule has 0 bridgehead atoms. The molecular weight excluding hydrogens is 532 g/mol. The molecule has 3 aromatic rings. The average Bonchev–Trinajstić information content (AvgIpc) is 3.61. The Bertz CT molecular complexity index is 1390. The number of aromatic nitrogens is 1. The van der Waals surface area contributed by atoms with Gasteiger partial charge in [0.1, 0.15) is 5.69 Å². The molecule has 2 aliphatic rings. The third-order valence-electron chi connectivity index (χ3n) is 7.06. The monoisotopic (exact) mass is 560 g/mol. The Kier molecular flexibility index (Phi) is 7.39. The summed E-state index contributed by atoms with van der Waals surface area (Å²) >= 11 is 3.47. The molecule has 37 heavy (non-hydrogen) atoms. The number of benzene rings is 2. The van der Waals surface area contributed by atoms with Gasteiger partial charge in [-0.25, -0.2) is 0 Å². The normalized spacial score (nSPS) is 17.6. The first kappa shape index (κ1) is 25.2. The van der Waals surface area contributed by atoms with Crippen LogP contribution in [0.25, 0.3) is 11.6 Å².